The van der Waals surface area contributed by atoms with Crippen LogP contribution in [0, 0.1) is 6.92 Å². The number of carbonyl (C=O) groups excluding carboxylic acids is 3. The summed E-state index contributed by atoms with van der Waals surface area (Å²) in [5, 5.41) is 20.3. The van der Waals surface area contributed by atoms with E-state index in [0.29, 0.717) is 23.3 Å². The maximum Gasteiger partial charge on any atom is 0.339 e. The number of aromatic carboxylic acids is 1. The molecule has 2 heterocycles. The summed E-state index contributed by atoms with van der Waals surface area (Å²) in [7, 11) is 0. The second kappa shape index (κ2) is 7.61. The number of rotatable bonds is 5. The Hall–Kier alpha value is -3.53. The van der Waals surface area contributed by atoms with E-state index in [1.807, 2.05) is 0 Å². The first-order valence-corrected chi connectivity index (χ1v) is 8.74. The minimum Gasteiger partial charge on any atom is -0.507 e. The number of aryl methyl sites for hydroxylation is 1. The molecule has 0 unspecified atom stereocenters. The molecule has 9 nitrogen and oxygen atoms in total. The third-order valence-electron chi connectivity index (χ3n) is 3.72. The average Bonchev–Trinajstić information content (AvgIpc) is 3.13. The summed E-state index contributed by atoms with van der Waals surface area (Å²) in [6.45, 7) is 1.22. The van der Waals surface area contributed by atoms with Gasteiger partial charge in [-0.05, 0) is 43.0 Å². The van der Waals surface area contributed by atoms with Crippen LogP contribution in [0.1, 0.15) is 21.9 Å². The summed E-state index contributed by atoms with van der Waals surface area (Å²) in [4.78, 5) is 48.4. The standard InChI is InChI=1S/C18H14N2O7S/c1-9-2-4-11(27-9)7-14-16(23)20(18(26)28-14)8-15(22)19-10-3-5-12(17(24)25)13(21)6-10/h2-7,21H,8H2,1H3,(H,19,22)(H,24,25)/b14-7-. The molecule has 144 valence electrons. The van der Waals surface area contributed by atoms with Gasteiger partial charge in [0, 0.05) is 17.8 Å². The number of benzene rings is 1. The topological polar surface area (TPSA) is 137 Å². The van der Waals surface area contributed by atoms with Crippen molar-refractivity contribution in [3.63, 3.8) is 0 Å². The molecule has 10 heteroatoms. The van der Waals surface area contributed by atoms with Crippen LogP contribution in [0.25, 0.3) is 6.08 Å². The molecule has 1 aliphatic rings. The molecule has 1 fully saturated rings. The summed E-state index contributed by atoms with van der Waals surface area (Å²) >= 11 is 0.695. The van der Waals surface area contributed by atoms with Crippen LogP contribution in [-0.4, -0.2) is 44.7 Å². The second-order valence-electron chi connectivity index (χ2n) is 5.80. The van der Waals surface area contributed by atoms with E-state index in [2.05, 4.69) is 5.32 Å². The van der Waals surface area contributed by atoms with Crippen LogP contribution < -0.4 is 5.32 Å². The summed E-state index contributed by atoms with van der Waals surface area (Å²) in [5.74, 6) is -2.06. The Labute approximate surface area is 162 Å². The number of furan rings is 1. The van der Waals surface area contributed by atoms with Crippen LogP contribution >= 0.6 is 11.8 Å². The average molecular weight is 402 g/mol. The molecule has 1 aromatic carbocycles. The van der Waals surface area contributed by atoms with Crippen LogP contribution in [0.4, 0.5) is 10.5 Å². The van der Waals surface area contributed by atoms with Crippen molar-refractivity contribution in [3.05, 3.63) is 52.3 Å². The van der Waals surface area contributed by atoms with Crippen molar-refractivity contribution in [1.82, 2.24) is 4.90 Å². The van der Waals surface area contributed by atoms with E-state index in [1.165, 1.54) is 12.1 Å². The summed E-state index contributed by atoms with van der Waals surface area (Å²) in [5.41, 5.74) is -0.191. The predicted octanol–water partition coefficient (Wildman–Crippen LogP) is 2.67. The third-order valence-corrected chi connectivity index (χ3v) is 4.63. The van der Waals surface area contributed by atoms with Gasteiger partial charge in [0.05, 0.1) is 4.91 Å². The van der Waals surface area contributed by atoms with E-state index in [9.17, 15) is 24.3 Å². The molecule has 0 bridgehead atoms. The van der Waals surface area contributed by atoms with Crippen molar-refractivity contribution in [1.29, 1.82) is 0 Å². The second-order valence-corrected chi connectivity index (χ2v) is 6.79. The van der Waals surface area contributed by atoms with E-state index in [4.69, 9.17) is 9.52 Å². The van der Waals surface area contributed by atoms with Gasteiger partial charge in [0.25, 0.3) is 11.1 Å². The van der Waals surface area contributed by atoms with Crippen LogP contribution in [0.5, 0.6) is 5.75 Å². The molecule has 0 atom stereocenters. The van der Waals surface area contributed by atoms with Crippen LogP contribution in [0.2, 0.25) is 0 Å². The molecule has 1 saturated heterocycles. The molecule has 0 spiro atoms. The molecular weight excluding hydrogens is 388 g/mol. The lowest BCUT2D eigenvalue weighted by molar-refractivity contribution is -0.127. The van der Waals surface area contributed by atoms with Crippen molar-refractivity contribution >= 4 is 46.5 Å². The highest BCUT2D eigenvalue weighted by Gasteiger charge is 2.36. The number of nitrogens with zero attached hydrogens (tertiary/aromatic N) is 1. The largest absolute Gasteiger partial charge is 0.507 e. The number of carboxylic acids is 1. The monoisotopic (exact) mass is 402 g/mol. The van der Waals surface area contributed by atoms with E-state index >= 15 is 0 Å². The Balaban J connectivity index is 1.68. The molecule has 0 saturated carbocycles. The summed E-state index contributed by atoms with van der Waals surface area (Å²) in [6.07, 6.45) is 1.43. The van der Waals surface area contributed by atoms with Gasteiger partial charge in [0.2, 0.25) is 5.91 Å². The Kier molecular flexibility index (Phi) is 5.23. The molecule has 3 rings (SSSR count). The number of amides is 3. The van der Waals surface area contributed by atoms with Gasteiger partial charge in [-0.25, -0.2) is 4.79 Å². The zero-order chi connectivity index (χ0) is 20.4. The number of carboxylic acid groups (broad SMARTS) is 1. The molecule has 0 radical (unpaired) electrons. The van der Waals surface area contributed by atoms with E-state index in [0.717, 1.165) is 17.0 Å². The summed E-state index contributed by atoms with van der Waals surface area (Å²) in [6, 6.07) is 6.85. The number of hydrogen-bond acceptors (Lipinski definition) is 7. The Morgan fingerprint density at radius 1 is 1.25 bits per heavy atom. The smallest absolute Gasteiger partial charge is 0.339 e. The number of carbonyl (C=O) groups is 4. The highest BCUT2D eigenvalue weighted by Crippen LogP contribution is 2.32. The molecule has 3 amide bonds. The number of anilines is 1. The summed E-state index contributed by atoms with van der Waals surface area (Å²) < 4.78 is 5.35. The van der Waals surface area contributed by atoms with Crippen molar-refractivity contribution in [2.45, 2.75) is 6.92 Å². The number of nitrogens with one attached hydrogen (secondary N) is 1. The van der Waals surface area contributed by atoms with E-state index in [-0.39, 0.29) is 16.2 Å². The maximum absolute atomic E-state index is 12.4. The van der Waals surface area contributed by atoms with E-state index in [1.54, 1.807) is 19.1 Å². The fraction of sp³-hybridized carbons (Fsp3) is 0.111. The highest BCUT2D eigenvalue weighted by atomic mass is 32.2. The fourth-order valence-corrected chi connectivity index (χ4v) is 3.25. The first-order chi connectivity index (χ1) is 13.2. The quantitative estimate of drug-likeness (QED) is 0.649. The first-order valence-electron chi connectivity index (χ1n) is 7.92. The van der Waals surface area contributed by atoms with Crippen LogP contribution in [0.15, 0.2) is 39.7 Å². The van der Waals surface area contributed by atoms with Crippen molar-refractivity contribution in [2.24, 2.45) is 0 Å². The Morgan fingerprint density at radius 2 is 2.00 bits per heavy atom. The lowest BCUT2D eigenvalue weighted by Gasteiger charge is -2.12. The lowest BCUT2D eigenvalue weighted by atomic mass is 10.2. The van der Waals surface area contributed by atoms with Gasteiger partial charge < -0.3 is 19.9 Å². The molecule has 1 aliphatic heterocycles. The fourth-order valence-electron chi connectivity index (χ4n) is 2.43. The molecule has 0 aliphatic carbocycles. The van der Waals surface area contributed by atoms with Gasteiger partial charge in [-0.1, -0.05) is 0 Å². The Bertz CT molecular complexity index is 1020. The van der Waals surface area contributed by atoms with Crippen molar-refractivity contribution < 1.29 is 33.8 Å². The van der Waals surface area contributed by atoms with E-state index < -0.39 is 35.3 Å². The molecule has 3 N–H and O–H groups in total. The number of hydrogen-bond donors (Lipinski definition) is 3. The van der Waals surface area contributed by atoms with Gasteiger partial charge in [-0.2, -0.15) is 0 Å². The van der Waals surface area contributed by atoms with Crippen molar-refractivity contribution in [3.8, 4) is 5.75 Å². The molecule has 2 aromatic rings. The Morgan fingerprint density at radius 3 is 2.61 bits per heavy atom. The minimum absolute atomic E-state index is 0.126. The maximum atomic E-state index is 12.4. The lowest BCUT2D eigenvalue weighted by Crippen LogP contribution is -2.36. The SMILES string of the molecule is Cc1ccc(/C=C2\SC(=O)N(CC(=O)Nc3ccc(C(=O)O)c(O)c3)C2=O)o1. The number of thioether (sulfide) groups is 1. The number of aromatic hydroxyl groups is 1. The van der Waals surface area contributed by atoms with Crippen LogP contribution in [-0.2, 0) is 9.59 Å². The van der Waals surface area contributed by atoms with Gasteiger partial charge in [0.15, 0.2) is 0 Å². The van der Waals surface area contributed by atoms with Crippen molar-refractivity contribution in [2.75, 3.05) is 11.9 Å². The molecular formula is C18H14N2O7S. The van der Waals surface area contributed by atoms with Gasteiger partial charge in [-0.3, -0.25) is 19.3 Å². The number of imide groups is 1. The van der Waals surface area contributed by atoms with Gasteiger partial charge >= 0.3 is 5.97 Å². The zero-order valence-electron chi connectivity index (χ0n) is 14.5. The predicted molar refractivity (Wildman–Crippen MR) is 99.8 cm³/mol. The molecule has 28 heavy (non-hydrogen) atoms. The number of phenols is 1. The molecule has 1 aromatic heterocycles. The normalized spacial score (nSPS) is 15.3. The highest BCUT2D eigenvalue weighted by molar-refractivity contribution is 8.18. The van der Waals surface area contributed by atoms with Gasteiger partial charge in [-0.15, -0.1) is 0 Å². The minimum atomic E-state index is -1.31. The first kappa shape index (κ1) is 19.2. The van der Waals surface area contributed by atoms with Crippen LogP contribution in [0.3, 0.4) is 0 Å². The van der Waals surface area contributed by atoms with Gasteiger partial charge in [0.1, 0.15) is 29.4 Å². The third kappa shape index (κ3) is 4.07. The zero-order valence-corrected chi connectivity index (χ0v) is 15.3.